The van der Waals surface area contributed by atoms with Gasteiger partial charge in [-0.1, -0.05) is 0 Å². The number of carboxylic acid groups (broad SMARTS) is 4. The third-order valence-corrected chi connectivity index (χ3v) is 0. The molecule has 0 aromatic rings. The fourth-order valence-electron chi connectivity index (χ4n) is 0. The normalized spacial score (nSPS) is 4.36. The van der Waals surface area contributed by atoms with Gasteiger partial charge in [-0.15, -0.1) is 0 Å². The van der Waals surface area contributed by atoms with Gasteiger partial charge in [0.25, 0.3) is 0 Å². The number of carbonyl (C=O) groups excluding carboxylic acids is 2. The van der Waals surface area contributed by atoms with Gasteiger partial charge in [-0.05, 0) is 12.3 Å². The van der Waals surface area contributed by atoms with Gasteiger partial charge < -0.3 is 30.0 Å². The Morgan fingerprint density at radius 3 is 0.727 bits per heavy atom. The Bertz CT molecular complexity index is 76.6. The third-order valence-electron chi connectivity index (χ3n) is 0. The quantitative estimate of drug-likeness (QED) is 0.348. The van der Waals surface area contributed by atoms with Gasteiger partial charge in [-0.2, -0.15) is 0 Å². The molecule has 0 unspecified atom stereocenters. The van der Waals surface area contributed by atoms with Crippen LogP contribution < -0.4 is 58.1 Å². The Balaban J connectivity index is -0.0000000171. The summed E-state index contributed by atoms with van der Waals surface area (Å²) < 4.78 is 0. The predicted octanol–water partition coefficient (Wildman–Crippen LogP) is -10.9. The van der Waals surface area contributed by atoms with Gasteiger partial charge in [0, 0.05) is 0 Å². The minimum Gasteiger partial charge on any atom is -0.652 e. The van der Waals surface area contributed by atoms with E-state index in [0.29, 0.717) is 0 Å². The second-order valence-electron chi connectivity index (χ2n) is 0.500. The Hall–Kier alpha value is 0.254. The summed E-state index contributed by atoms with van der Waals surface area (Å²) in [6, 6.07) is 0. The summed E-state index contributed by atoms with van der Waals surface area (Å²) in [4.78, 5) is 16.7. The van der Waals surface area contributed by atoms with Crippen LogP contribution in [0.1, 0.15) is 0 Å². The van der Waals surface area contributed by atoms with E-state index < -0.39 is 12.3 Å². The minimum atomic E-state index is -2.33. The molecule has 0 aromatic heterocycles. The van der Waals surface area contributed by atoms with Gasteiger partial charge in [0.1, 0.15) is 0 Å². The maximum Gasteiger partial charge on any atom is 2.00 e. The Kier molecular flexibility index (Phi) is 61.7. The Labute approximate surface area is 96.8 Å². The van der Waals surface area contributed by atoms with Crippen molar-refractivity contribution in [3.05, 3.63) is 0 Å². The van der Waals surface area contributed by atoms with Gasteiger partial charge in [-0.3, -0.25) is 0 Å². The average Bonchev–Trinajstić information content (AvgIpc) is 1.25. The molecule has 0 radical (unpaired) electrons. The summed E-state index contributed by atoms with van der Waals surface area (Å²) in [6.07, 6.45) is -4.67. The number of rotatable bonds is 0. The largest absolute Gasteiger partial charge is 2.00 e. The molecule has 11 heavy (non-hydrogen) atoms. The van der Waals surface area contributed by atoms with Crippen molar-refractivity contribution in [2.45, 2.75) is 0 Å². The fraction of sp³-hybridized carbons (Fsp3) is 0. The molecule has 0 spiro atoms. The van der Waals surface area contributed by atoms with E-state index in [1.165, 1.54) is 0 Å². The van der Waals surface area contributed by atoms with E-state index in [1.54, 1.807) is 0 Å². The minimum absolute atomic E-state index is 0. The molecule has 6 nitrogen and oxygen atoms in total. The molecule has 0 saturated heterocycles. The molecule has 0 aliphatic rings. The zero-order chi connectivity index (χ0) is 7.15. The van der Waals surface area contributed by atoms with Gasteiger partial charge >= 0.3 is 54.8 Å². The van der Waals surface area contributed by atoms with Crippen molar-refractivity contribution in [1.82, 2.24) is 0 Å². The van der Waals surface area contributed by atoms with Crippen molar-refractivity contribution in [3.8, 4) is 0 Å². The maximum atomic E-state index is 8.33. The molecule has 0 rings (SSSR count). The van der Waals surface area contributed by atoms with Crippen LogP contribution >= 0.6 is 0 Å². The van der Waals surface area contributed by atoms with Gasteiger partial charge in [0.05, 0.1) is 0 Å². The molecular weight excluding hydrogens is 190 g/mol. The second-order valence-corrected chi connectivity index (χ2v) is 0.500. The first-order valence-corrected chi connectivity index (χ1v) is 1.22. The zero-order valence-corrected chi connectivity index (χ0v) is 6.91. The summed E-state index contributed by atoms with van der Waals surface area (Å²) >= 11 is 0. The Morgan fingerprint density at radius 1 is 0.727 bits per heavy atom. The molecule has 0 aromatic carbocycles. The summed E-state index contributed by atoms with van der Waals surface area (Å²) in [6.45, 7) is 0. The first-order chi connectivity index (χ1) is 3.46. The Morgan fingerprint density at radius 2 is 0.727 bits per heavy atom. The smallest absolute Gasteiger partial charge is 0.652 e. The molecule has 0 heterocycles. The number of hydrogen-bond donors (Lipinski definition) is 0. The van der Waals surface area contributed by atoms with E-state index in [4.69, 9.17) is 30.0 Å². The van der Waals surface area contributed by atoms with E-state index in [-0.39, 0.29) is 54.8 Å². The molecule has 9 heteroatoms. The third kappa shape index (κ3) is 10800. The second kappa shape index (κ2) is 22.5. The maximum absolute atomic E-state index is 8.33. The van der Waals surface area contributed by atoms with E-state index in [0.717, 1.165) is 0 Å². The van der Waals surface area contributed by atoms with Crippen LogP contribution in [0.5, 0.6) is 0 Å². The molecular formula is C2FeLi2O6. The average molecular weight is 190 g/mol. The SMILES string of the molecule is O=C([O-])[O-].O=C([O-])[O-].[Fe+2].[Li+].[Li+]. The molecule has 0 atom stereocenters. The summed E-state index contributed by atoms with van der Waals surface area (Å²) in [5, 5.41) is 33.3. The van der Waals surface area contributed by atoms with Gasteiger partial charge in [0.15, 0.2) is 0 Å². The molecule has 0 N–H and O–H groups in total. The molecule has 0 amide bonds. The van der Waals surface area contributed by atoms with Gasteiger partial charge in [-0.25, -0.2) is 0 Å². The first-order valence-electron chi connectivity index (χ1n) is 1.22. The van der Waals surface area contributed by atoms with E-state index in [1.807, 2.05) is 0 Å². The summed E-state index contributed by atoms with van der Waals surface area (Å²) in [5.74, 6) is 0. The summed E-state index contributed by atoms with van der Waals surface area (Å²) in [5.41, 5.74) is 0. The van der Waals surface area contributed by atoms with Crippen LogP contribution in [-0.2, 0) is 17.1 Å². The monoisotopic (exact) mass is 190 g/mol. The molecule has 0 aliphatic carbocycles. The van der Waals surface area contributed by atoms with E-state index in [2.05, 4.69) is 0 Å². The van der Waals surface area contributed by atoms with Crippen molar-refractivity contribution in [2.24, 2.45) is 0 Å². The number of carbonyl (C=O) groups is 2. The van der Waals surface area contributed by atoms with Gasteiger partial charge in [0.2, 0.25) is 0 Å². The van der Waals surface area contributed by atoms with Crippen LogP contribution in [0.2, 0.25) is 0 Å². The van der Waals surface area contributed by atoms with Crippen LogP contribution in [0, 0.1) is 0 Å². The van der Waals surface area contributed by atoms with Crippen molar-refractivity contribution >= 4 is 12.3 Å². The fourth-order valence-corrected chi connectivity index (χ4v) is 0. The van der Waals surface area contributed by atoms with Crippen molar-refractivity contribution in [1.29, 1.82) is 0 Å². The van der Waals surface area contributed by atoms with Crippen molar-refractivity contribution in [3.63, 3.8) is 0 Å². The van der Waals surface area contributed by atoms with Crippen LogP contribution in [0.25, 0.3) is 0 Å². The molecule has 0 bridgehead atoms. The van der Waals surface area contributed by atoms with Crippen LogP contribution in [0.3, 0.4) is 0 Å². The summed E-state index contributed by atoms with van der Waals surface area (Å²) in [7, 11) is 0. The molecule has 0 saturated carbocycles. The molecule has 0 fully saturated rings. The van der Waals surface area contributed by atoms with Crippen LogP contribution in [-0.4, -0.2) is 12.3 Å². The van der Waals surface area contributed by atoms with Crippen molar-refractivity contribution < 1.29 is 84.8 Å². The van der Waals surface area contributed by atoms with E-state index >= 15 is 0 Å². The predicted molar refractivity (Wildman–Crippen MR) is 10.8 cm³/mol. The van der Waals surface area contributed by atoms with Crippen LogP contribution in [0.15, 0.2) is 0 Å². The topological polar surface area (TPSA) is 126 Å². The van der Waals surface area contributed by atoms with E-state index in [9.17, 15) is 0 Å². The van der Waals surface area contributed by atoms with Crippen LogP contribution in [0.4, 0.5) is 9.59 Å². The molecule has 54 valence electrons. The first kappa shape index (κ1) is 30.3. The number of hydrogen-bond acceptors (Lipinski definition) is 6. The standard InChI is InChI=1S/2CH2O3.Fe.2Li/c2*2-1(3)4;;;/h2*(H2,2,3,4);;;/q;;+2;2*+1/p-4. The zero-order valence-electron chi connectivity index (χ0n) is 5.80. The molecule has 0 aliphatic heterocycles. The van der Waals surface area contributed by atoms with Crippen molar-refractivity contribution in [2.75, 3.05) is 0 Å².